The molecule has 15 heavy (non-hydrogen) atoms. The van der Waals surface area contributed by atoms with E-state index in [1.165, 1.54) is 12.1 Å². The average Bonchev–Trinajstić information content (AvgIpc) is 1.98. The zero-order valence-electron chi connectivity index (χ0n) is 8.91. The predicted molar refractivity (Wildman–Crippen MR) is 59.0 cm³/mol. The Bertz CT molecular complexity index is 360. The highest BCUT2D eigenvalue weighted by atomic mass is 16.5. The molecule has 80 valence electrons. The lowest BCUT2D eigenvalue weighted by molar-refractivity contribution is 0.399. The Morgan fingerprint density at radius 2 is 1.40 bits per heavy atom. The van der Waals surface area contributed by atoms with Crippen molar-refractivity contribution in [3.05, 3.63) is 42.9 Å². The van der Waals surface area contributed by atoms with Gasteiger partial charge in [-0.15, -0.1) is 0 Å². The second kappa shape index (κ2) is 4.55. The first-order valence-corrected chi connectivity index (χ1v) is 4.48. The lowest BCUT2D eigenvalue weighted by atomic mass is 10.3. The lowest BCUT2D eigenvalue weighted by Crippen LogP contribution is -1.92. The van der Waals surface area contributed by atoms with Crippen LogP contribution in [0.2, 0.25) is 0 Å². The maximum absolute atomic E-state index is 9.40. The van der Waals surface area contributed by atoms with Crippen LogP contribution in [0.5, 0.6) is 17.2 Å². The molecule has 0 aliphatic carbocycles. The first-order valence-electron chi connectivity index (χ1n) is 4.48. The molecule has 0 atom stereocenters. The fraction of sp³-hybridized carbons (Fsp3) is 0.167. The molecule has 1 N–H and O–H groups in total. The number of ether oxygens (including phenoxy) is 2. The van der Waals surface area contributed by atoms with Crippen molar-refractivity contribution in [3.8, 4) is 17.2 Å². The Hall–Kier alpha value is -1.90. The maximum Gasteiger partial charge on any atom is 0.134 e. The van der Waals surface area contributed by atoms with Crippen molar-refractivity contribution >= 4 is 0 Å². The van der Waals surface area contributed by atoms with E-state index in [0.29, 0.717) is 23.0 Å². The number of rotatable bonds is 4. The normalized spacial score (nSPS) is 9.47. The first-order chi connectivity index (χ1) is 6.97. The van der Waals surface area contributed by atoms with Crippen molar-refractivity contribution in [2.75, 3.05) is 0 Å². The van der Waals surface area contributed by atoms with Crippen molar-refractivity contribution in [3.63, 3.8) is 0 Å². The van der Waals surface area contributed by atoms with Crippen molar-refractivity contribution in [1.82, 2.24) is 0 Å². The van der Waals surface area contributed by atoms with Crippen LogP contribution in [0.4, 0.5) is 0 Å². The summed E-state index contributed by atoms with van der Waals surface area (Å²) in [6.07, 6.45) is 0. The predicted octanol–water partition coefficient (Wildman–Crippen LogP) is 3.22. The molecule has 1 rings (SSSR count). The molecule has 0 spiro atoms. The van der Waals surface area contributed by atoms with Gasteiger partial charge in [0.05, 0.1) is 11.5 Å². The summed E-state index contributed by atoms with van der Waals surface area (Å²) in [5.74, 6) is 2.13. The first kappa shape index (κ1) is 11.2. The SMILES string of the molecule is C=C(C)Oc1cc(O)cc(OC(=C)C)c1. The van der Waals surface area contributed by atoms with Gasteiger partial charge in [0.2, 0.25) is 0 Å². The third kappa shape index (κ3) is 3.77. The highest BCUT2D eigenvalue weighted by Crippen LogP contribution is 2.28. The van der Waals surface area contributed by atoms with Gasteiger partial charge in [0.15, 0.2) is 0 Å². The molecule has 0 radical (unpaired) electrons. The Kier molecular flexibility index (Phi) is 3.39. The van der Waals surface area contributed by atoms with Gasteiger partial charge >= 0.3 is 0 Å². The minimum Gasteiger partial charge on any atom is -0.508 e. The molecule has 0 saturated carbocycles. The van der Waals surface area contributed by atoms with Gasteiger partial charge in [-0.3, -0.25) is 0 Å². The topological polar surface area (TPSA) is 38.7 Å². The summed E-state index contributed by atoms with van der Waals surface area (Å²) in [4.78, 5) is 0. The number of phenolic OH excluding ortho intramolecular Hbond substituents is 1. The van der Waals surface area contributed by atoms with Crippen molar-refractivity contribution in [2.45, 2.75) is 13.8 Å². The summed E-state index contributed by atoms with van der Waals surface area (Å²) in [5, 5.41) is 9.40. The smallest absolute Gasteiger partial charge is 0.134 e. The van der Waals surface area contributed by atoms with E-state index in [1.807, 2.05) is 0 Å². The molecular weight excluding hydrogens is 192 g/mol. The monoisotopic (exact) mass is 206 g/mol. The van der Waals surface area contributed by atoms with Crippen molar-refractivity contribution in [1.29, 1.82) is 0 Å². The van der Waals surface area contributed by atoms with E-state index < -0.39 is 0 Å². The molecule has 0 aliphatic heterocycles. The van der Waals surface area contributed by atoms with Crippen LogP contribution in [0.1, 0.15) is 13.8 Å². The van der Waals surface area contributed by atoms with Gasteiger partial charge in [-0.2, -0.15) is 0 Å². The highest BCUT2D eigenvalue weighted by Gasteiger charge is 2.03. The van der Waals surface area contributed by atoms with Crippen LogP contribution in [0.3, 0.4) is 0 Å². The zero-order valence-corrected chi connectivity index (χ0v) is 8.91. The number of allylic oxidation sites excluding steroid dienone is 2. The second-order valence-electron chi connectivity index (χ2n) is 3.27. The third-order valence-corrected chi connectivity index (χ3v) is 1.45. The molecule has 0 unspecified atom stereocenters. The fourth-order valence-electron chi connectivity index (χ4n) is 1.08. The van der Waals surface area contributed by atoms with Gasteiger partial charge in [-0.25, -0.2) is 0 Å². The minimum absolute atomic E-state index is 0.0741. The zero-order chi connectivity index (χ0) is 11.4. The van der Waals surface area contributed by atoms with Crippen LogP contribution < -0.4 is 9.47 Å². The molecule has 1 aromatic rings. The van der Waals surface area contributed by atoms with Gasteiger partial charge in [0.1, 0.15) is 17.2 Å². The van der Waals surface area contributed by atoms with Crippen molar-refractivity contribution in [2.24, 2.45) is 0 Å². The third-order valence-electron chi connectivity index (χ3n) is 1.45. The molecule has 0 aromatic heterocycles. The largest absolute Gasteiger partial charge is 0.508 e. The van der Waals surface area contributed by atoms with E-state index in [2.05, 4.69) is 13.2 Å². The molecule has 0 bridgehead atoms. The number of phenols is 1. The fourth-order valence-corrected chi connectivity index (χ4v) is 1.08. The molecule has 3 nitrogen and oxygen atoms in total. The van der Waals surface area contributed by atoms with Crippen LogP contribution in [-0.4, -0.2) is 5.11 Å². The Labute approximate surface area is 89.3 Å². The standard InChI is InChI=1S/C12H14O3/c1-8(2)14-11-5-10(13)6-12(7-11)15-9(3)4/h5-7,13H,1,3H2,2,4H3. The van der Waals surface area contributed by atoms with E-state index in [4.69, 9.17) is 9.47 Å². The summed E-state index contributed by atoms with van der Waals surface area (Å²) in [6.45, 7) is 10.7. The Morgan fingerprint density at radius 1 is 1.00 bits per heavy atom. The second-order valence-corrected chi connectivity index (χ2v) is 3.27. The van der Waals surface area contributed by atoms with Crippen LogP contribution in [0.15, 0.2) is 42.9 Å². The van der Waals surface area contributed by atoms with E-state index >= 15 is 0 Å². The molecule has 0 saturated heterocycles. The summed E-state index contributed by atoms with van der Waals surface area (Å²) >= 11 is 0. The molecule has 0 amide bonds. The van der Waals surface area contributed by atoms with Crippen LogP contribution >= 0.6 is 0 Å². The van der Waals surface area contributed by atoms with Gasteiger partial charge in [0.25, 0.3) is 0 Å². The van der Waals surface area contributed by atoms with Crippen LogP contribution in [0, 0.1) is 0 Å². The minimum atomic E-state index is 0.0741. The molecule has 1 aromatic carbocycles. The van der Waals surface area contributed by atoms with Crippen LogP contribution in [-0.2, 0) is 0 Å². The summed E-state index contributed by atoms with van der Waals surface area (Å²) in [5.41, 5.74) is 0. The van der Waals surface area contributed by atoms with Gasteiger partial charge in [0, 0.05) is 18.2 Å². The number of aromatic hydroxyl groups is 1. The maximum atomic E-state index is 9.40. The van der Waals surface area contributed by atoms with Crippen LogP contribution in [0.25, 0.3) is 0 Å². The summed E-state index contributed by atoms with van der Waals surface area (Å²) in [6, 6.07) is 4.63. The summed E-state index contributed by atoms with van der Waals surface area (Å²) < 4.78 is 10.5. The Morgan fingerprint density at radius 3 is 1.73 bits per heavy atom. The molecular formula is C12H14O3. The molecule has 3 heteroatoms. The van der Waals surface area contributed by atoms with E-state index in [0.717, 1.165) is 0 Å². The number of benzene rings is 1. The van der Waals surface area contributed by atoms with E-state index in [9.17, 15) is 5.11 Å². The van der Waals surface area contributed by atoms with E-state index in [-0.39, 0.29) is 5.75 Å². The van der Waals surface area contributed by atoms with Gasteiger partial charge in [-0.05, 0) is 13.8 Å². The van der Waals surface area contributed by atoms with Gasteiger partial charge in [-0.1, -0.05) is 13.2 Å². The lowest BCUT2D eigenvalue weighted by Gasteiger charge is -2.09. The molecule has 0 aliphatic rings. The van der Waals surface area contributed by atoms with Crippen molar-refractivity contribution < 1.29 is 14.6 Å². The quantitative estimate of drug-likeness (QED) is 0.769. The number of hydrogen-bond donors (Lipinski definition) is 1. The number of hydrogen-bond acceptors (Lipinski definition) is 3. The average molecular weight is 206 g/mol. The Balaban J connectivity index is 2.94. The highest BCUT2D eigenvalue weighted by molar-refractivity contribution is 5.42. The molecule has 0 heterocycles. The molecule has 0 fully saturated rings. The van der Waals surface area contributed by atoms with Gasteiger partial charge < -0.3 is 14.6 Å². The van der Waals surface area contributed by atoms with E-state index in [1.54, 1.807) is 19.9 Å². The summed E-state index contributed by atoms with van der Waals surface area (Å²) in [7, 11) is 0.